The van der Waals surface area contributed by atoms with Gasteiger partial charge in [-0.2, -0.15) is 4.98 Å². The van der Waals surface area contributed by atoms with Crippen molar-refractivity contribution < 1.29 is 4.52 Å². The first-order chi connectivity index (χ1) is 2.89. The van der Waals surface area contributed by atoms with Gasteiger partial charge in [0.25, 0.3) is 0 Å². The molecule has 6 heavy (non-hydrogen) atoms. The maximum atomic E-state index is 4.94. The van der Waals surface area contributed by atoms with Gasteiger partial charge in [-0.25, -0.2) is 0 Å². The number of hydrogen-bond acceptors (Lipinski definition) is 4. The smallest absolute Gasteiger partial charge is 0.318 e. The molecule has 0 aliphatic carbocycles. The highest BCUT2D eigenvalue weighted by atomic mass is 16.5. The molecule has 0 aromatic carbocycles. The van der Waals surface area contributed by atoms with Gasteiger partial charge in [0.2, 0.25) is 0 Å². The Morgan fingerprint density at radius 1 is 1.83 bits per heavy atom. The third-order valence-corrected chi connectivity index (χ3v) is 0.378. The minimum absolute atomic E-state index is 0.106. The van der Waals surface area contributed by atoms with Gasteiger partial charge in [-0.05, 0) is 0 Å². The van der Waals surface area contributed by atoms with Crippen molar-refractivity contribution in [3.05, 3.63) is 6.33 Å². The highest BCUT2D eigenvalue weighted by Gasteiger charge is 1.80. The second-order valence-electron chi connectivity index (χ2n) is 0.780. The van der Waals surface area contributed by atoms with Gasteiger partial charge in [0, 0.05) is 0 Å². The van der Waals surface area contributed by atoms with E-state index in [1.54, 1.807) is 0 Å². The average molecular weight is 85.1 g/mol. The lowest BCUT2D eigenvalue weighted by Gasteiger charge is -1.65. The molecule has 2 N–H and O–H groups in total. The van der Waals surface area contributed by atoms with E-state index in [9.17, 15) is 0 Å². The Hall–Kier alpha value is -1.06. The molecule has 1 aromatic heterocycles. The first-order valence-electron chi connectivity index (χ1n) is 1.42. The van der Waals surface area contributed by atoms with Crippen molar-refractivity contribution in [2.24, 2.45) is 0 Å². The Balaban J connectivity index is 3.05. The molecule has 0 unspecified atom stereocenters. The molecule has 0 saturated heterocycles. The zero-order valence-corrected chi connectivity index (χ0v) is 2.96. The van der Waals surface area contributed by atoms with Crippen LogP contribution in [0.2, 0.25) is 0 Å². The minimum Gasteiger partial charge on any atom is -0.351 e. The van der Waals surface area contributed by atoms with Gasteiger partial charge in [-0.15, -0.1) is 0 Å². The lowest BCUT2D eigenvalue weighted by atomic mass is 11.2. The van der Waals surface area contributed by atoms with Crippen LogP contribution in [0.5, 0.6) is 0 Å². The van der Waals surface area contributed by atoms with Crippen LogP contribution in [0.1, 0.15) is 0 Å². The predicted molar refractivity (Wildman–Crippen MR) is 18.7 cm³/mol. The Morgan fingerprint density at radius 2 is 2.67 bits per heavy atom. The predicted octanol–water partition coefficient (Wildman–Crippen LogP) is -0.348. The highest BCUT2D eigenvalue weighted by Crippen LogP contribution is 1.84. The molecule has 0 aliphatic heterocycles. The van der Waals surface area contributed by atoms with Gasteiger partial charge in [-0.1, -0.05) is 5.16 Å². The minimum atomic E-state index is 0.106. The Morgan fingerprint density at radius 3 is 2.83 bits per heavy atom. The number of nitrogens with two attached hydrogens (primary N) is 1. The zero-order valence-electron chi connectivity index (χ0n) is 2.96. The van der Waals surface area contributed by atoms with Gasteiger partial charge in [0.05, 0.1) is 0 Å². The van der Waals surface area contributed by atoms with E-state index in [0.29, 0.717) is 0 Å². The number of anilines is 1. The summed E-state index contributed by atoms with van der Waals surface area (Å²) in [6, 6.07) is 0.106. The van der Waals surface area contributed by atoms with Crippen molar-refractivity contribution in [1.82, 2.24) is 10.1 Å². The molecule has 4 nitrogen and oxygen atoms in total. The quantitative estimate of drug-likeness (QED) is 0.467. The van der Waals surface area contributed by atoms with E-state index in [-0.39, 0.29) is 6.01 Å². The maximum Gasteiger partial charge on any atom is 0.318 e. The summed E-state index contributed by atoms with van der Waals surface area (Å²) in [5.74, 6) is 0. The first kappa shape index (κ1) is 3.14. The monoisotopic (exact) mass is 85.0 g/mol. The molecule has 0 amide bonds. The van der Waals surface area contributed by atoms with Crippen molar-refractivity contribution >= 4 is 6.01 Å². The second-order valence-corrected chi connectivity index (χ2v) is 0.780. The SMILES string of the molecule is Nc1ncno1. The van der Waals surface area contributed by atoms with Crippen LogP contribution in [0, 0.1) is 0 Å². The first-order valence-corrected chi connectivity index (χ1v) is 1.42. The summed E-state index contributed by atoms with van der Waals surface area (Å²) in [4.78, 5) is 3.42. The van der Waals surface area contributed by atoms with Gasteiger partial charge >= 0.3 is 6.01 Å². The number of aromatic nitrogens is 2. The lowest BCUT2D eigenvalue weighted by molar-refractivity contribution is 0.434. The molecular weight excluding hydrogens is 82.0 g/mol. The van der Waals surface area contributed by atoms with Gasteiger partial charge < -0.3 is 10.3 Å². The van der Waals surface area contributed by atoms with Crippen LogP contribution in [0.3, 0.4) is 0 Å². The fourth-order valence-corrected chi connectivity index (χ4v) is 0.182. The molecule has 0 bridgehead atoms. The summed E-state index contributed by atoms with van der Waals surface area (Å²) >= 11 is 0. The van der Waals surface area contributed by atoms with Crippen LogP contribution in [0.4, 0.5) is 6.01 Å². The van der Waals surface area contributed by atoms with Crippen LogP contribution < -0.4 is 5.73 Å². The summed E-state index contributed by atoms with van der Waals surface area (Å²) < 4.78 is 4.25. The molecule has 1 heterocycles. The van der Waals surface area contributed by atoms with Gasteiger partial charge in [-0.3, -0.25) is 0 Å². The van der Waals surface area contributed by atoms with E-state index in [4.69, 9.17) is 5.73 Å². The second kappa shape index (κ2) is 0.965. The van der Waals surface area contributed by atoms with Crippen molar-refractivity contribution in [2.45, 2.75) is 0 Å². The van der Waals surface area contributed by atoms with Gasteiger partial charge in [0.15, 0.2) is 6.33 Å². The van der Waals surface area contributed by atoms with Crippen molar-refractivity contribution in [2.75, 3.05) is 5.73 Å². The number of hydrogen-bond donors (Lipinski definition) is 1. The summed E-state index contributed by atoms with van der Waals surface area (Å²) in [6.07, 6.45) is 1.25. The normalized spacial score (nSPS) is 8.67. The largest absolute Gasteiger partial charge is 0.351 e. The molecule has 0 spiro atoms. The molecule has 0 fully saturated rings. The third-order valence-electron chi connectivity index (χ3n) is 0.378. The topological polar surface area (TPSA) is 64.9 Å². The summed E-state index contributed by atoms with van der Waals surface area (Å²) in [6.45, 7) is 0. The van der Waals surface area contributed by atoms with E-state index in [1.165, 1.54) is 6.33 Å². The lowest BCUT2D eigenvalue weighted by Crippen LogP contribution is -1.79. The Kier molecular flexibility index (Phi) is 0.506. The fourth-order valence-electron chi connectivity index (χ4n) is 0.182. The van der Waals surface area contributed by atoms with E-state index in [1.807, 2.05) is 0 Å². The number of rotatable bonds is 0. The number of nitrogens with zero attached hydrogens (tertiary/aromatic N) is 2. The molecule has 0 atom stereocenters. The van der Waals surface area contributed by atoms with E-state index in [2.05, 4.69) is 14.7 Å². The van der Waals surface area contributed by atoms with Crippen molar-refractivity contribution in [3.8, 4) is 0 Å². The average Bonchev–Trinajstić information content (AvgIpc) is 1.86. The van der Waals surface area contributed by atoms with Crippen molar-refractivity contribution in [1.29, 1.82) is 0 Å². The van der Waals surface area contributed by atoms with Crippen LogP contribution in [-0.4, -0.2) is 10.1 Å². The Bertz CT molecular complexity index is 112. The van der Waals surface area contributed by atoms with Gasteiger partial charge in [0.1, 0.15) is 0 Å². The molecule has 0 radical (unpaired) electrons. The Labute approximate surface area is 34.0 Å². The third kappa shape index (κ3) is 0.314. The molecular formula is C2H3N3O. The standard InChI is InChI=1S/C2H3N3O/c3-2-4-1-5-6-2/h1H,(H2,3,4,5). The van der Waals surface area contributed by atoms with Crippen LogP contribution in [0.15, 0.2) is 10.9 Å². The van der Waals surface area contributed by atoms with Crippen molar-refractivity contribution in [3.63, 3.8) is 0 Å². The summed E-state index contributed by atoms with van der Waals surface area (Å²) in [5, 5.41) is 3.21. The van der Waals surface area contributed by atoms with Crippen LogP contribution in [0.25, 0.3) is 0 Å². The summed E-state index contributed by atoms with van der Waals surface area (Å²) in [7, 11) is 0. The molecule has 1 rings (SSSR count). The summed E-state index contributed by atoms with van der Waals surface area (Å²) in [5.41, 5.74) is 4.94. The molecule has 0 aliphatic rings. The molecule has 32 valence electrons. The van der Waals surface area contributed by atoms with E-state index in [0.717, 1.165) is 0 Å². The molecule has 1 aromatic rings. The van der Waals surface area contributed by atoms with Crippen LogP contribution >= 0.6 is 0 Å². The van der Waals surface area contributed by atoms with E-state index >= 15 is 0 Å². The highest BCUT2D eigenvalue weighted by molar-refractivity contribution is 5.01. The molecule has 0 saturated carbocycles. The zero-order chi connectivity index (χ0) is 4.41. The molecule has 4 heteroatoms. The van der Waals surface area contributed by atoms with Crippen LogP contribution in [-0.2, 0) is 0 Å². The maximum absolute atomic E-state index is 4.94. The van der Waals surface area contributed by atoms with E-state index < -0.39 is 0 Å². The number of nitrogen functional groups attached to an aromatic ring is 1. The fraction of sp³-hybridized carbons (Fsp3) is 0.